The van der Waals surface area contributed by atoms with E-state index in [2.05, 4.69) is 43.6 Å². The molecule has 0 saturated heterocycles. The lowest BCUT2D eigenvalue weighted by atomic mass is 9.87. The van der Waals surface area contributed by atoms with Gasteiger partial charge >= 0.3 is 18.0 Å². The number of hydrogen-bond donors (Lipinski definition) is 4. The maximum Gasteiger partial charge on any atom is 0.407 e. The lowest BCUT2D eigenvalue weighted by molar-refractivity contribution is -0.145. The zero-order valence-corrected chi connectivity index (χ0v) is 51.5. The van der Waals surface area contributed by atoms with Crippen molar-refractivity contribution < 1.29 is 38.6 Å². The first kappa shape index (κ1) is 74.1. The number of nitrogens with zero attached hydrogens (tertiary/aromatic N) is 1. The number of rotatable bonds is 59. The molecule has 0 fully saturated rings. The molecule has 2 unspecified atom stereocenters. The number of nitrogens with one attached hydrogen (secondary N) is 3. The van der Waals surface area contributed by atoms with E-state index in [-0.39, 0.29) is 37.0 Å². The number of alkyl carbamates (subject to hydrolysis) is 1. The van der Waals surface area contributed by atoms with Gasteiger partial charge in [0, 0.05) is 65.0 Å². The highest BCUT2D eigenvalue weighted by Crippen LogP contribution is 2.28. The third-order valence-electron chi connectivity index (χ3n) is 15.6. The summed E-state index contributed by atoms with van der Waals surface area (Å²) in [5.41, 5.74) is -0.599. The smallest absolute Gasteiger partial charge is 0.407 e. The Morgan fingerprint density at radius 2 is 0.792 bits per heavy atom. The summed E-state index contributed by atoms with van der Waals surface area (Å²) in [4.78, 5) is 64.6. The van der Waals surface area contributed by atoms with Crippen LogP contribution in [0.2, 0.25) is 0 Å². The quantitative estimate of drug-likeness (QED) is 0.0343. The van der Waals surface area contributed by atoms with Crippen molar-refractivity contribution in [2.45, 2.75) is 330 Å². The SMILES string of the molecule is CCCCCCCCCCC(CCCCCCCC)CCC(C)(C)OC(=O)NCCN(CCC(=O)NCCCCCC(=O)O)CCC(=O)NCCCCCC(=O)OCC(CCCCCCCC)CCCCCCCCCC. The van der Waals surface area contributed by atoms with Crippen LogP contribution in [0, 0.1) is 11.8 Å². The largest absolute Gasteiger partial charge is 0.481 e. The molecular weight excluding hydrogens is 965 g/mol. The summed E-state index contributed by atoms with van der Waals surface area (Å²) in [7, 11) is 0. The van der Waals surface area contributed by atoms with E-state index in [1.807, 2.05) is 18.7 Å². The van der Waals surface area contributed by atoms with Gasteiger partial charge in [-0.05, 0) is 77.0 Å². The molecule has 0 aromatic carbocycles. The van der Waals surface area contributed by atoms with Gasteiger partial charge in [0.2, 0.25) is 11.8 Å². The minimum atomic E-state index is -0.809. The van der Waals surface area contributed by atoms with Crippen molar-refractivity contribution in [2.75, 3.05) is 45.9 Å². The monoisotopic (exact) mass is 1090 g/mol. The molecular formula is C65H126N4O8. The molecule has 0 spiro atoms. The molecule has 3 amide bonds. The summed E-state index contributed by atoms with van der Waals surface area (Å²) in [6.45, 7) is 16.3. The summed E-state index contributed by atoms with van der Waals surface area (Å²) < 4.78 is 11.9. The number of hydrogen-bond acceptors (Lipinski definition) is 8. The summed E-state index contributed by atoms with van der Waals surface area (Å²) in [5, 5.41) is 17.8. The molecule has 77 heavy (non-hydrogen) atoms. The Bertz CT molecular complexity index is 1380. The molecule has 4 N–H and O–H groups in total. The van der Waals surface area contributed by atoms with E-state index in [1.54, 1.807) is 0 Å². The zero-order chi connectivity index (χ0) is 56.7. The number of carboxylic acid groups (broad SMARTS) is 1. The molecule has 0 radical (unpaired) electrons. The van der Waals surface area contributed by atoms with Crippen molar-refractivity contribution in [2.24, 2.45) is 11.8 Å². The summed E-state index contributed by atoms with van der Waals surface area (Å²) in [5.74, 6) is 0.0176. The normalized spacial score (nSPS) is 12.4. The lowest BCUT2D eigenvalue weighted by Gasteiger charge is -2.28. The number of aliphatic carboxylic acids is 1. The van der Waals surface area contributed by atoms with Gasteiger partial charge in [0.1, 0.15) is 5.60 Å². The Morgan fingerprint density at radius 1 is 0.416 bits per heavy atom. The summed E-state index contributed by atoms with van der Waals surface area (Å²) in [6.07, 6.45) is 48.2. The summed E-state index contributed by atoms with van der Waals surface area (Å²) >= 11 is 0. The van der Waals surface area contributed by atoms with Crippen molar-refractivity contribution in [1.82, 2.24) is 20.9 Å². The van der Waals surface area contributed by atoms with Gasteiger partial charge in [0.25, 0.3) is 0 Å². The van der Waals surface area contributed by atoms with Gasteiger partial charge in [-0.15, -0.1) is 0 Å². The number of carbonyl (C=O) groups is 5. The second-order valence-electron chi connectivity index (χ2n) is 23.7. The van der Waals surface area contributed by atoms with Crippen molar-refractivity contribution >= 4 is 29.8 Å². The van der Waals surface area contributed by atoms with Gasteiger partial charge in [0.05, 0.1) is 6.61 Å². The van der Waals surface area contributed by atoms with Crippen LogP contribution in [-0.4, -0.2) is 91.3 Å². The molecule has 0 aromatic heterocycles. The van der Waals surface area contributed by atoms with Crippen molar-refractivity contribution in [3.8, 4) is 0 Å². The standard InChI is InChI=1S/C65H126N4O8/c1-7-11-15-19-23-25-29-34-42-58(41-33-27-21-17-13-9-3)47-50-65(5,6)77-64(75)68-53-56-69(54-48-60(70)66-51-39-31-37-45-62(72)73)55-49-61(71)67-52-40-32-38-46-63(74)76-57-59(43-35-28-22-18-14-10-4)44-36-30-26-24-20-16-12-8-2/h58-59H,7-57H2,1-6H3,(H,66,70)(H,67,71)(H,68,75)(H,72,73). The second kappa shape index (κ2) is 55.0. The summed E-state index contributed by atoms with van der Waals surface area (Å²) in [6, 6.07) is 0. The Balaban J connectivity index is 5.04. The topological polar surface area (TPSA) is 163 Å². The predicted octanol–water partition coefficient (Wildman–Crippen LogP) is 17.1. The molecule has 0 aromatic rings. The van der Waals surface area contributed by atoms with E-state index in [0.717, 1.165) is 51.4 Å². The average Bonchev–Trinajstić information content (AvgIpc) is 3.40. The fourth-order valence-corrected chi connectivity index (χ4v) is 10.4. The number of amides is 3. The number of carbonyl (C=O) groups excluding carboxylic acids is 4. The average molecular weight is 1090 g/mol. The van der Waals surface area contributed by atoms with Crippen LogP contribution in [0.4, 0.5) is 4.79 Å². The highest BCUT2D eigenvalue weighted by atomic mass is 16.6. The van der Waals surface area contributed by atoms with Crippen LogP contribution in [0.1, 0.15) is 324 Å². The van der Waals surface area contributed by atoms with Crippen LogP contribution in [0.5, 0.6) is 0 Å². The number of unbranched alkanes of at least 4 members (excludes halogenated alkanes) is 28. The van der Waals surface area contributed by atoms with E-state index in [9.17, 15) is 24.0 Å². The first-order valence-corrected chi connectivity index (χ1v) is 33.0. The van der Waals surface area contributed by atoms with E-state index in [4.69, 9.17) is 14.6 Å². The molecule has 0 heterocycles. The van der Waals surface area contributed by atoms with Gasteiger partial charge in [-0.2, -0.15) is 0 Å². The van der Waals surface area contributed by atoms with Crippen LogP contribution in [0.15, 0.2) is 0 Å². The second-order valence-corrected chi connectivity index (χ2v) is 23.7. The predicted molar refractivity (Wildman–Crippen MR) is 322 cm³/mol. The molecule has 0 aliphatic carbocycles. The first-order chi connectivity index (χ1) is 37.3. The minimum Gasteiger partial charge on any atom is -0.481 e. The van der Waals surface area contributed by atoms with Gasteiger partial charge in [0.15, 0.2) is 0 Å². The van der Waals surface area contributed by atoms with Crippen LogP contribution in [-0.2, 0) is 28.7 Å². The number of esters is 1. The van der Waals surface area contributed by atoms with Crippen LogP contribution in [0.3, 0.4) is 0 Å². The van der Waals surface area contributed by atoms with Crippen molar-refractivity contribution in [1.29, 1.82) is 0 Å². The molecule has 2 atom stereocenters. The van der Waals surface area contributed by atoms with E-state index in [1.165, 1.54) is 193 Å². The van der Waals surface area contributed by atoms with Gasteiger partial charge in [-0.1, -0.05) is 233 Å². The van der Waals surface area contributed by atoms with Crippen molar-refractivity contribution in [3.05, 3.63) is 0 Å². The van der Waals surface area contributed by atoms with Crippen LogP contribution in [0.25, 0.3) is 0 Å². The Hall–Kier alpha value is -2.89. The van der Waals surface area contributed by atoms with Crippen molar-refractivity contribution in [3.63, 3.8) is 0 Å². The maximum atomic E-state index is 13.2. The molecule has 0 aliphatic heterocycles. The molecule has 0 saturated carbocycles. The fraction of sp³-hybridized carbons (Fsp3) is 0.923. The third-order valence-corrected chi connectivity index (χ3v) is 15.6. The first-order valence-electron chi connectivity index (χ1n) is 33.0. The Morgan fingerprint density at radius 3 is 1.21 bits per heavy atom. The zero-order valence-electron chi connectivity index (χ0n) is 51.5. The third kappa shape index (κ3) is 53.5. The van der Waals surface area contributed by atoms with E-state index < -0.39 is 17.7 Å². The van der Waals surface area contributed by atoms with Gasteiger partial charge < -0.3 is 35.4 Å². The minimum absolute atomic E-state index is 0.0700. The molecule has 0 aliphatic rings. The van der Waals surface area contributed by atoms with E-state index in [0.29, 0.717) is 77.0 Å². The molecule has 0 rings (SSSR count). The number of ether oxygens (including phenoxy) is 2. The van der Waals surface area contributed by atoms with Gasteiger partial charge in [-0.3, -0.25) is 19.2 Å². The highest BCUT2D eigenvalue weighted by molar-refractivity contribution is 5.76. The number of carboxylic acids is 1. The molecule has 0 bridgehead atoms. The van der Waals surface area contributed by atoms with Gasteiger partial charge in [-0.25, -0.2) is 4.79 Å². The van der Waals surface area contributed by atoms with Crippen LogP contribution < -0.4 is 16.0 Å². The van der Waals surface area contributed by atoms with Crippen LogP contribution >= 0.6 is 0 Å². The highest BCUT2D eigenvalue weighted by Gasteiger charge is 2.25. The molecule has 12 heteroatoms. The Labute approximate surface area is 474 Å². The maximum absolute atomic E-state index is 13.2. The van der Waals surface area contributed by atoms with E-state index >= 15 is 0 Å². The lowest BCUT2D eigenvalue weighted by Crippen LogP contribution is -2.41. The Kier molecular flexibility index (Phi) is 53.0. The fourth-order valence-electron chi connectivity index (χ4n) is 10.4. The molecule has 12 nitrogen and oxygen atoms in total. The molecule has 454 valence electrons.